The van der Waals surface area contributed by atoms with Crippen molar-refractivity contribution in [3.8, 4) is 0 Å². The summed E-state index contributed by atoms with van der Waals surface area (Å²) in [6.07, 6.45) is 3.32. The SMILES string of the molecule is CC(N)C(c1ccccn1)N1CCC(O)CC1. The summed E-state index contributed by atoms with van der Waals surface area (Å²) in [6.45, 7) is 3.80. The van der Waals surface area contributed by atoms with Gasteiger partial charge in [-0.1, -0.05) is 6.07 Å². The highest BCUT2D eigenvalue weighted by molar-refractivity contribution is 5.11. The molecule has 0 spiro atoms. The average molecular weight is 235 g/mol. The smallest absolute Gasteiger partial charge is 0.0671 e. The van der Waals surface area contributed by atoms with E-state index in [0.717, 1.165) is 31.6 Å². The molecule has 2 rings (SSSR count). The highest BCUT2D eigenvalue weighted by Crippen LogP contribution is 2.25. The topological polar surface area (TPSA) is 62.4 Å². The number of hydrogen-bond donors (Lipinski definition) is 2. The molecule has 4 heteroatoms. The molecule has 1 aliphatic heterocycles. The highest BCUT2D eigenvalue weighted by Gasteiger charge is 2.28. The van der Waals surface area contributed by atoms with Crippen LogP contribution in [0, 0.1) is 0 Å². The molecule has 94 valence electrons. The molecule has 1 aliphatic rings. The van der Waals surface area contributed by atoms with Crippen LogP contribution < -0.4 is 5.73 Å². The van der Waals surface area contributed by atoms with Crippen molar-refractivity contribution in [2.75, 3.05) is 13.1 Å². The zero-order chi connectivity index (χ0) is 12.3. The normalized spacial score (nSPS) is 22.3. The van der Waals surface area contributed by atoms with Gasteiger partial charge < -0.3 is 10.8 Å². The van der Waals surface area contributed by atoms with E-state index in [1.54, 1.807) is 0 Å². The van der Waals surface area contributed by atoms with Gasteiger partial charge in [-0.3, -0.25) is 9.88 Å². The molecule has 0 amide bonds. The standard InChI is InChI=1S/C13H21N3O/c1-10(14)13(12-4-2-3-7-15-12)16-8-5-11(17)6-9-16/h2-4,7,10-11,13,17H,5-6,8-9,14H2,1H3. The quantitative estimate of drug-likeness (QED) is 0.818. The molecule has 0 aliphatic carbocycles. The minimum absolute atomic E-state index is 0.0418. The number of hydrogen-bond acceptors (Lipinski definition) is 4. The molecule has 1 fully saturated rings. The number of nitrogens with zero attached hydrogens (tertiary/aromatic N) is 2. The third kappa shape index (κ3) is 3.03. The fourth-order valence-corrected chi connectivity index (χ4v) is 2.50. The second-order valence-electron chi connectivity index (χ2n) is 4.83. The molecule has 3 N–H and O–H groups in total. The third-order valence-corrected chi connectivity index (χ3v) is 3.38. The minimum Gasteiger partial charge on any atom is -0.393 e. The fraction of sp³-hybridized carbons (Fsp3) is 0.615. The zero-order valence-electron chi connectivity index (χ0n) is 10.3. The molecular weight excluding hydrogens is 214 g/mol. The lowest BCUT2D eigenvalue weighted by molar-refractivity contribution is 0.0537. The van der Waals surface area contributed by atoms with Crippen LogP contribution in [0.3, 0.4) is 0 Å². The van der Waals surface area contributed by atoms with Crippen LogP contribution in [0.25, 0.3) is 0 Å². The maximum Gasteiger partial charge on any atom is 0.0671 e. The van der Waals surface area contributed by atoms with E-state index in [1.807, 2.05) is 31.3 Å². The first-order valence-corrected chi connectivity index (χ1v) is 6.27. The van der Waals surface area contributed by atoms with E-state index in [2.05, 4.69) is 9.88 Å². The summed E-state index contributed by atoms with van der Waals surface area (Å²) in [5, 5.41) is 9.54. The number of piperidine rings is 1. The van der Waals surface area contributed by atoms with Crippen LogP contribution in [-0.2, 0) is 0 Å². The predicted molar refractivity (Wildman–Crippen MR) is 67.4 cm³/mol. The second kappa shape index (κ2) is 5.58. The van der Waals surface area contributed by atoms with Crippen molar-refractivity contribution in [3.05, 3.63) is 30.1 Å². The van der Waals surface area contributed by atoms with Crippen LogP contribution >= 0.6 is 0 Å². The van der Waals surface area contributed by atoms with Crippen molar-refractivity contribution in [2.45, 2.75) is 38.0 Å². The van der Waals surface area contributed by atoms with E-state index in [1.165, 1.54) is 0 Å². The molecule has 2 heterocycles. The van der Waals surface area contributed by atoms with Gasteiger partial charge in [0, 0.05) is 25.3 Å². The number of aromatic nitrogens is 1. The Morgan fingerprint density at radius 3 is 2.65 bits per heavy atom. The van der Waals surface area contributed by atoms with Gasteiger partial charge in [-0.2, -0.15) is 0 Å². The molecule has 0 bridgehead atoms. The summed E-state index contributed by atoms with van der Waals surface area (Å²) in [6, 6.07) is 6.14. The Hall–Kier alpha value is -0.970. The van der Waals surface area contributed by atoms with Gasteiger partial charge in [-0.05, 0) is 31.9 Å². The van der Waals surface area contributed by atoms with E-state index in [4.69, 9.17) is 5.73 Å². The summed E-state index contributed by atoms with van der Waals surface area (Å²) in [5.41, 5.74) is 7.12. The first-order chi connectivity index (χ1) is 8.18. The lowest BCUT2D eigenvalue weighted by Gasteiger charge is -2.37. The van der Waals surface area contributed by atoms with Gasteiger partial charge >= 0.3 is 0 Å². The molecule has 2 unspecified atom stereocenters. The van der Waals surface area contributed by atoms with Crippen LogP contribution in [-0.4, -0.2) is 40.2 Å². The molecule has 1 aromatic heterocycles. The summed E-state index contributed by atoms with van der Waals surface area (Å²) < 4.78 is 0. The lowest BCUT2D eigenvalue weighted by atomic mass is 9.99. The average Bonchev–Trinajstić information content (AvgIpc) is 2.33. The monoisotopic (exact) mass is 235 g/mol. The second-order valence-corrected chi connectivity index (χ2v) is 4.83. The van der Waals surface area contributed by atoms with Crippen LogP contribution in [0.4, 0.5) is 0 Å². The summed E-state index contributed by atoms with van der Waals surface area (Å²) in [7, 11) is 0. The first-order valence-electron chi connectivity index (χ1n) is 6.27. The Morgan fingerprint density at radius 1 is 1.41 bits per heavy atom. The maximum atomic E-state index is 9.54. The van der Waals surface area contributed by atoms with E-state index < -0.39 is 0 Å². The van der Waals surface area contributed by atoms with Gasteiger partial charge in [0.05, 0.1) is 17.8 Å². The molecule has 0 saturated carbocycles. The van der Waals surface area contributed by atoms with E-state index in [0.29, 0.717) is 0 Å². The van der Waals surface area contributed by atoms with Gasteiger partial charge in [0.2, 0.25) is 0 Å². The van der Waals surface area contributed by atoms with Crippen molar-refractivity contribution < 1.29 is 5.11 Å². The minimum atomic E-state index is -0.149. The zero-order valence-corrected chi connectivity index (χ0v) is 10.3. The van der Waals surface area contributed by atoms with E-state index in [9.17, 15) is 5.11 Å². The van der Waals surface area contributed by atoms with E-state index >= 15 is 0 Å². The van der Waals surface area contributed by atoms with Crippen LogP contribution in [0.15, 0.2) is 24.4 Å². The molecule has 0 aromatic carbocycles. The number of pyridine rings is 1. The van der Waals surface area contributed by atoms with Gasteiger partial charge in [0.25, 0.3) is 0 Å². The molecule has 1 saturated heterocycles. The maximum absolute atomic E-state index is 9.54. The molecule has 4 nitrogen and oxygen atoms in total. The first kappa shape index (κ1) is 12.5. The number of likely N-dealkylation sites (tertiary alicyclic amines) is 1. The molecule has 1 aromatic rings. The number of aliphatic hydroxyl groups excluding tert-OH is 1. The number of nitrogens with two attached hydrogens (primary N) is 1. The molecule has 0 radical (unpaired) electrons. The van der Waals surface area contributed by atoms with Gasteiger partial charge in [0.15, 0.2) is 0 Å². The predicted octanol–water partition coefficient (Wildman–Crippen LogP) is 0.927. The highest BCUT2D eigenvalue weighted by atomic mass is 16.3. The fourth-order valence-electron chi connectivity index (χ4n) is 2.50. The van der Waals surface area contributed by atoms with Crippen LogP contribution in [0.5, 0.6) is 0 Å². The van der Waals surface area contributed by atoms with Gasteiger partial charge in [-0.15, -0.1) is 0 Å². The Labute approximate surface area is 102 Å². The number of aliphatic hydroxyl groups is 1. The van der Waals surface area contributed by atoms with Crippen molar-refractivity contribution in [1.82, 2.24) is 9.88 Å². The van der Waals surface area contributed by atoms with Crippen LogP contribution in [0.1, 0.15) is 31.5 Å². The van der Waals surface area contributed by atoms with Gasteiger partial charge in [-0.25, -0.2) is 0 Å². The molecular formula is C13H21N3O. The lowest BCUT2D eigenvalue weighted by Crippen LogP contribution is -2.45. The summed E-state index contributed by atoms with van der Waals surface area (Å²) >= 11 is 0. The Morgan fingerprint density at radius 2 is 2.12 bits per heavy atom. The van der Waals surface area contributed by atoms with E-state index in [-0.39, 0.29) is 18.2 Å². The van der Waals surface area contributed by atoms with Crippen molar-refractivity contribution in [2.24, 2.45) is 5.73 Å². The van der Waals surface area contributed by atoms with Crippen molar-refractivity contribution in [1.29, 1.82) is 0 Å². The number of rotatable bonds is 3. The molecule has 2 atom stereocenters. The van der Waals surface area contributed by atoms with Gasteiger partial charge in [0.1, 0.15) is 0 Å². The Kier molecular flexibility index (Phi) is 4.10. The summed E-state index contributed by atoms with van der Waals surface area (Å²) in [5.74, 6) is 0. The van der Waals surface area contributed by atoms with Crippen LogP contribution in [0.2, 0.25) is 0 Å². The largest absolute Gasteiger partial charge is 0.393 e. The Bertz CT molecular complexity index is 334. The summed E-state index contributed by atoms with van der Waals surface area (Å²) in [4.78, 5) is 6.74. The third-order valence-electron chi connectivity index (χ3n) is 3.38. The van der Waals surface area contributed by atoms with Crippen molar-refractivity contribution >= 4 is 0 Å². The Balaban J connectivity index is 2.13. The molecule has 17 heavy (non-hydrogen) atoms. The van der Waals surface area contributed by atoms with Crippen molar-refractivity contribution in [3.63, 3.8) is 0 Å².